The highest BCUT2D eigenvalue weighted by Crippen LogP contribution is 2.38. The van der Waals surface area contributed by atoms with Crippen molar-refractivity contribution in [1.82, 2.24) is 9.80 Å². The van der Waals surface area contributed by atoms with Crippen LogP contribution in [0.2, 0.25) is 5.02 Å². The van der Waals surface area contributed by atoms with Gasteiger partial charge in [-0.2, -0.15) is 0 Å². The molecule has 1 heterocycles. The van der Waals surface area contributed by atoms with Gasteiger partial charge in [0.2, 0.25) is 5.91 Å². The molecule has 0 radical (unpaired) electrons. The van der Waals surface area contributed by atoms with E-state index < -0.39 is 0 Å². The molecule has 0 atom stereocenters. The molecule has 0 N–H and O–H groups in total. The van der Waals surface area contributed by atoms with Crippen molar-refractivity contribution in [2.75, 3.05) is 46.9 Å². The third-order valence-corrected chi connectivity index (χ3v) is 5.20. The summed E-state index contributed by atoms with van der Waals surface area (Å²) < 4.78 is 11.2. The zero-order valence-corrected chi connectivity index (χ0v) is 18.0. The highest BCUT2D eigenvalue weighted by atomic mass is 35.5. The van der Waals surface area contributed by atoms with Crippen molar-refractivity contribution in [3.05, 3.63) is 58.6 Å². The molecular formula is C23H29ClN2O3. The summed E-state index contributed by atoms with van der Waals surface area (Å²) in [5.41, 5.74) is 2.15. The Morgan fingerprint density at radius 3 is 2.52 bits per heavy atom. The van der Waals surface area contributed by atoms with Crippen molar-refractivity contribution in [3.63, 3.8) is 0 Å². The number of carbonyl (C=O) groups excluding carboxylic acids is 1. The molecule has 1 aliphatic rings. The molecule has 3 rings (SSSR count). The van der Waals surface area contributed by atoms with E-state index in [2.05, 4.69) is 29.2 Å². The van der Waals surface area contributed by atoms with Crippen LogP contribution in [0.3, 0.4) is 0 Å². The van der Waals surface area contributed by atoms with Crippen molar-refractivity contribution in [3.8, 4) is 11.5 Å². The first-order valence-corrected chi connectivity index (χ1v) is 10.4. The number of aryl methyl sites for hydroxylation is 1. The molecule has 0 unspecified atom stereocenters. The fourth-order valence-corrected chi connectivity index (χ4v) is 3.64. The first-order valence-electron chi connectivity index (χ1n) is 10.1. The van der Waals surface area contributed by atoms with E-state index in [1.807, 2.05) is 31.1 Å². The number of likely N-dealkylation sites (N-methyl/N-ethyl adjacent to an activating group) is 1. The van der Waals surface area contributed by atoms with Crippen LogP contribution < -0.4 is 9.47 Å². The van der Waals surface area contributed by atoms with E-state index >= 15 is 0 Å². The van der Waals surface area contributed by atoms with Crippen LogP contribution in [0, 0.1) is 0 Å². The summed E-state index contributed by atoms with van der Waals surface area (Å²) in [7, 11) is 4.04. The quantitative estimate of drug-likeness (QED) is 0.625. The number of rotatable bonds is 9. The summed E-state index contributed by atoms with van der Waals surface area (Å²) in [6.07, 6.45) is 2.20. The summed E-state index contributed by atoms with van der Waals surface area (Å²) in [6.45, 7) is 3.26. The third kappa shape index (κ3) is 6.38. The van der Waals surface area contributed by atoms with Crippen LogP contribution in [0.4, 0.5) is 0 Å². The number of nitrogens with zero attached hydrogens (tertiary/aromatic N) is 2. The second kappa shape index (κ2) is 10.5. The number of ether oxygens (including phenoxy) is 2. The second-order valence-electron chi connectivity index (χ2n) is 7.55. The van der Waals surface area contributed by atoms with Crippen LogP contribution in [0.15, 0.2) is 42.5 Å². The van der Waals surface area contributed by atoms with Crippen molar-refractivity contribution in [2.45, 2.75) is 19.3 Å². The molecule has 5 nitrogen and oxygen atoms in total. The lowest BCUT2D eigenvalue weighted by Gasteiger charge is -2.25. The highest BCUT2D eigenvalue weighted by molar-refractivity contribution is 6.32. The Morgan fingerprint density at radius 2 is 1.76 bits per heavy atom. The van der Waals surface area contributed by atoms with Gasteiger partial charge < -0.3 is 19.3 Å². The average molecular weight is 417 g/mol. The molecular weight excluding hydrogens is 388 g/mol. The molecule has 1 aliphatic heterocycles. The van der Waals surface area contributed by atoms with Gasteiger partial charge >= 0.3 is 0 Å². The predicted octanol–water partition coefficient (Wildman–Crippen LogP) is 3.68. The Hall–Kier alpha value is -2.24. The zero-order valence-electron chi connectivity index (χ0n) is 17.2. The molecule has 156 valence electrons. The van der Waals surface area contributed by atoms with E-state index in [9.17, 15) is 4.79 Å². The number of amides is 1. The van der Waals surface area contributed by atoms with Gasteiger partial charge in [-0.25, -0.2) is 0 Å². The number of hydrogen-bond donors (Lipinski definition) is 0. The van der Waals surface area contributed by atoms with Gasteiger partial charge in [-0.15, -0.1) is 0 Å². The first-order chi connectivity index (χ1) is 14.0. The zero-order chi connectivity index (χ0) is 20.6. The minimum atomic E-state index is 0.104. The topological polar surface area (TPSA) is 42.0 Å². The maximum atomic E-state index is 13.0. The molecule has 0 bridgehead atoms. The second-order valence-corrected chi connectivity index (χ2v) is 7.96. The van der Waals surface area contributed by atoms with Crippen LogP contribution in [0.1, 0.15) is 17.5 Å². The minimum Gasteiger partial charge on any atom is -0.486 e. The SMILES string of the molecule is CN(C)CCN(CCCc1ccccc1)C(=O)Cc1cc(Cl)c2c(c1)OCCO2. The van der Waals surface area contributed by atoms with Gasteiger partial charge in [0.25, 0.3) is 0 Å². The Balaban J connectivity index is 1.63. The number of halogens is 1. The third-order valence-electron chi connectivity index (χ3n) is 4.92. The van der Waals surface area contributed by atoms with E-state index in [0.29, 0.717) is 42.7 Å². The highest BCUT2D eigenvalue weighted by Gasteiger charge is 2.20. The van der Waals surface area contributed by atoms with Gasteiger partial charge in [0.05, 0.1) is 11.4 Å². The lowest BCUT2D eigenvalue weighted by Crippen LogP contribution is -2.38. The van der Waals surface area contributed by atoms with Crippen molar-refractivity contribution in [2.24, 2.45) is 0 Å². The molecule has 0 aliphatic carbocycles. The molecule has 6 heteroatoms. The van der Waals surface area contributed by atoms with Crippen molar-refractivity contribution in [1.29, 1.82) is 0 Å². The smallest absolute Gasteiger partial charge is 0.227 e. The van der Waals surface area contributed by atoms with Gasteiger partial charge in [0.15, 0.2) is 11.5 Å². The van der Waals surface area contributed by atoms with E-state index in [4.69, 9.17) is 21.1 Å². The number of fused-ring (bicyclic) bond motifs is 1. The van der Waals surface area contributed by atoms with Gasteiger partial charge in [-0.3, -0.25) is 4.79 Å². The molecule has 0 saturated heterocycles. The maximum absolute atomic E-state index is 13.0. The predicted molar refractivity (Wildman–Crippen MR) is 116 cm³/mol. The van der Waals surface area contributed by atoms with E-state index in [-0.39, 0.29) is 5.91 Å². The number of carbonyl (C=O) groups is 1. The summed E-state index contributed by atoms with van der Waals surface area (Å²) >= 11 is 6.33. The van der Waals surface area contributed by atoms with Crippen LogP contribution in [-0.2, 0) is 17.6 Å². The van der Waals surface area contributed by atoms with Crippen LogP contribution >= 0.6 is 11.6 Å². The summed E-state index contributed by atoms with van der Waals surface area (Å²) in [5, 5.41) is 0.494. The van der Waals surface area contributed by atoms with Crippen LogP contribution in [0.25, 0.3) is 0 Å². The standard InChI is InChI=1S/C23H29ClN2O3/c1-25(2)11-12-26(10-6-9-18-7-4-3-5-8-18)22(27)17-19-15-20(24)23-21(16-19)28-13-14-29-23/h3-5,7-8,15-16H,6,9-14,17H2,1-2H3. The summed E-state index contributed by atoms with van der Waals surface area (Å²) in [4.78, 5) is 17.1. The van der Waals surface area contributed by atoms with Crippen molar-refractivity contribution < 1.29 is 14.3 Å². The molecule has 0 saturated carbocycles. The molecule has 0 aromatic heterocycles. The Morgan fingerprint density at radius 1 is 1.00 bits per heavy atom. The normalized spacial score (nSPS) is 12.8. The van der Waals surface area contributed by atoms with Gasteiger partial charge in [0, 0.05) is 19.6 Å². The van der Waals surface area contributed by atoms with E-state index in [1.54, 1.807) is 6.07 Å². The minimum absolute atomic E-state index is 0.104. The largest absolute Gasteiger partial charge is 0.486 e. The van der Waals surface area contributed by atoms with Crippen molar-refractivity contribution >= 4 is 17.5 Å². The lowest BCUT2D eigenvalue weighted by atomic mass is 10.1. The fraction of sp³-hybridized carbons (Fsp3) is 0.435. The number of benzene rings is 2. The summed E-state index contributed by atoms with van der Waals surface area (Å²) in [6, 6.07) is 14.1. The van der Waals surface area contributed by atoms with Gasteiger partial charge in [-0.05, 0) is 50.2 Å². The lowest BCUT2D eigenvalue weighted by molar-refractivity contribution is -0.130. The molecule has 2 aromatic rings. The molecule has 2 aromatic carbocycles. The average Bonchev–Trinajstić information content (AvgIpc) is 2.71. The van der Waals surface area contributed by atoms with Crippen LogP contribution in [-0.4, -0.2) is 62.7 Å². The molecule has 1 amide bonds. The molecule has 29 heavy (non-hydrogen) atoms. The van der Waals surface area contributed by atoms with Crippen LogP contribution in [0.5, 0.6) is 11.5 Å². The molecule has 0 spiro atoms. The first kappa shape index (κ1) is 21.5. The van der Waals surface area contributed by atoms with E-state index in [0.717, 1.165) is 31.5 Å². The molecule has 0 fully saturated rings. The Bertz CT molecular complexity index is 811. The number of hydrogen-bond acceptors (Lipinski definition) is 4. The van der Waals surface area contributed by atoms with E-state index in [1.165, 1.54) is 5.56 Å². The Labute approximate surface area is 178 Å². The monoisotopic (exact) mass is 416 g/mol. The van der Waals surface area contributed by atoms with Gasteiger partial charge in [0.1, 0.15) is 13.2 Å². The maximum Gasteiger partial charge on any atom is 0.227 e. The summed E-state index contributed by atoms with van der Waals surface area (Å²) in [5.74, 6) is 1.30. The van der Waals surface area contributed by atoms with Gasteiger partial charge in [-0.1, -0.05) is 41.9 Å². The fourth-order valence-electron chi connectivity index (χ4n) is 3.35. The Kier molecular flexibility index (Phi) is 7.78.